The van der Waals surface area contributed by atoms with Crippen LogP contribution in [0.1, 0.15) is 16.8 Å². The highest BCUT2D eigenvalue weighted by atomic mass is 32.2. The minimum absolute atomic E-state index is 0.288. The second-order valence-electron chi connectivity index (χ2n) is 7.50. The summed E-state index contributed by atoms with van der Waals surface area (Å²) < 4.78 is 18.9. The number of ether oxygens (including phenoxy) is 1. The van der Waals surface area contributed by atoms with Crippen molar-refractivity contribution in [1.29, 1.82) is 0 Å². The number of aromatic amines is 1. The summed E-state index contributed by atoms with van der Waals surface area (Å²) in [5, 5.41) is 0.469. The maximum absolute atomic E-state index is 12.9. The third kappa shape index (κ3) is 5.37. The fraction of sp³-hybridized carbons (Fsp3) is 0.250. The Labute approximate surface area is 184 Å². The first-order chi connectivity index (χ1) is 15.1. The number of imidazole rings is 1. The molecule has 0 radical (unpaired) electrons. The predicted molar refractivity (Wildman–Crippen MR) is 123 cm³/mol. The molecule has 6 nitrogen and oxygen atoms in total. The molecule has 4 aromatic rings. The molecule has 0 aliphatic rings. The largest absolute Gasteiger partial charge is 0.492 e. The van der Waals surface area contributed by atoms with Gasteiger partial charge in [0.25, 0.3) is 0 Å². The Balaban J connectivity index is 1.35. The summed E-state index contributed by atoms with van der Waals surface area (Å²) in [6.45, 7) is 4.21. The normalized spacial score (nSPS) is 12.4. The number of pyridine rings is 1. The Bertz CT molecular complexity index is 1140. The quantitative estimate of drug-likeness (QED) is 0.430. The van der Waals surface area contributed by atoms with Crippen molar-refractivity contribution in [2.45, 2.75) is 24.4 Å². The number of benzene rings is 2. The molecule has 0 saturated carbocycles. The van der Waals surface area contributed by atoms with Crippen molar-refractivity contribution >= 4 is 21.8 Å². The summed E-state index contributed by atoms with van der Waals surface area (Å²) in [6.07, 6.45) is 1.71. The van der Waals surface area contributed by atoms with E-state index in [0.29, 0.717) is 11.8 Å². The van der Waals surface area contributed by atoms with Crippen molar-refractivity contribution in [2.24, 2.45) is 0 Å². The van der Waals surface area contributed by atoms with Crippen molar-refractivity contribution in [3.05, 3.63) is 83.7 Å². The van der Waals surface area contributed by atoms with Gasteiger partial charge in [-0.05, 0) is 37.7 Å². The molecule has 0 bridgehead atoms. The molecule has 0 fully saturated rings. The second-order valence-corrected chi connectivity index (χ2v) is 8.87. The zero-order valence-corrected chi connectivity index (χ0v) is 18.6. The van der Waals surface area contributed by atoms with Gasteiger partial charge in [-0.2, -0.15) is 0 Å². The monoisotopic (exact) mass is 434 g/mol. The molecule has 2 aromatic carbocycles. The van der Waals surface area contributed by atoms with Crippen LogP contribution in [-0.4, -0.2) is 44.3 Å². The lowest BCUT2D eigenvalue weighted by Gasteiger charge is -2.18. The van der Waals surface area contributed by atoms with Gasteiger partial charge in [-0.15, -0.1) is 0 Å². The molecule has 31 heavy (non-hydrogen) atoms. The van der Waals surface area contributed by atoms with Gasteiger partial charge in [0.05, 0.1) is 33.3 Å². The lowest BCUT2D eigenvalue weighted by Crippen LogP contribution is -2.24. The minimum Gasteiger partial charge on any atom is -0.492 e. The molecule has 2 heterocycles. The molecule has 1 atom stereocenters. The van der Waals surface area contributed by atoms with Gasteiger partial charge >= 0.3 is 0 Å². The number of para-hydroxylation sites is 2. The van der Waals surface area contributed by atoms with E-state index in [1.807, 2.05) is 43.3 Å². The average Bonchev–Trinajstić information content (AvgIpc) is 3.21. The van der Waals surface area contributed by atoms with Crippen LogP contribution in [0.2, 0.25) is 0 Å². The molecule has 1 N–H and O–H groups in total. The number of nitrogens with zero attached hydrogens (tertiary/aromatic N) is 3. The van der Waals surface area contributed by atoms with Gasteiger partial charge < -0.3 is 9.72 Å². The number of likely N-dealkylation sites (N-methyl/N-ethyl adjacent to an activating group) is 1. The van der Waals surface area contributed by atoms with Gasteiger partial charge in [-0.1, -0.05) is 42.5 Å². The van der Waals surface area contributed by atoms with E-state index in [0.717, 1.165) is 41.1 Å². The van der Waals surface area contributed by atoms with E-state index < -0.39 is 10.8 Å². The topological polar surface area (TPSA) is 71.1 Å². The molecule has 1 unspecified atom stereocenters. The van der Waals surface area contributed by atoms with Crippen LogP contribution >= 0.6 is 0 Å². The van der Waals surface area contributed by atoms with Crippen LogP contribution in [-0.2, 0) is 23.1 Å². The van der Waals surface area contributed by atoms with E-state index in [9.17, 15) is 4.21 Å². The number of rotatable bonds is 9. The summed E-state index contributed by atoms with van der Waals surface area (Å²) in [6, 6.07) is 19.9. The van der Waals surface area contributed by atoms with Crippen LogP contribution in [0.3, 0.4) is 0 Å². The number of hydrogen-bond acceptors (Lipinski definition) is 5. The van der Waals surface area contributed by atoms with Crippen LogP contribution in [0.4, 0.5) is 0 Å². The summed E-state index contributed by atoms with van der Waals surface area (Å²) >= 11 is 0. The summed E-state index contributed by atoms with van der Waals surface area (Å²) in [5.41, 5.74) is 4.64. The van der Waals surface area contributed by atoms with Crippen LogP contribution in [0, 0.1) is 6.92 Å². The van der Waals surface area contributed by atoms with Crippen LogP contribution in [0.15, 0.2) is 72.0 Å². The molecule has 0 saturated heterocycles. The Kier molecular flexibility index (Phi) is 6.74. The lowest BCUT2D eigenvalue weighted by molar-refractivity contribution is 0.231. The highest BCUT2D eigenvalue weighted by Crippen LogP contribution is 2.22. The summed E-state index contributed by atoms with van der Waals surface area (Å²) in [7, 11) is 0.767. The van der Waals surface area contributed by atoms with E-state index in [2.05, 4.69) is 51.2 Å². The molecule has 2 aromatic heterocycles. The number of hydrogen-bond donors (Lipinski definition) is 1. The molecule has 4 rings (SSSR count). The van der Waals surface area contributed by atoms with Crippen molar-refractivity contribution in [1.82, 2.24) is 19.9 Å². The maximum Gasteiger partial charge on any atom is 0.197 e. The van der Waals surface area contributed by atoms with Crippen LogP contribution in [0.25, 0.3) is 11.0 Å². The maximum atomic E-state index is 12.9. The Morgan fingerprint density at radius 1 is 1.06 bits per heavy atom. The minimum atomic E-state index is -1.31. The number of nitrogens with one attached hydrogen (secondary N) is 1. The number of fused-ring (bicyclic) bond motifs is 1. The zero-order valence-electron chi connectivity index (χ0n) is 17.7. The van der Waals surface area contributed by atoms with E-state index >= 15 is 0 Å². The van der Waals surface area contributed by atoms with Crippen molar-refractivity contribution < 1.29 is 8.95 Å². The van der Waals surface area contributed by atoms with E-state index in [1.165, 1.54) is 5.56 Å². The number of H-pyrrole nitrogens is 1. The van der Waals surface area contributed by atoms with E-state index in [-0.39, 0.29) is 5.75 Å². The molecular weight excluding hydrogens is 408 g/mol. The van der Waals surface area contributed by atoms with Gasteiger partial charge in [0.2, 0.25) is 0 Å². The van der Waals surface area contributed by atoms with Crippen LogP contribution in [0.5, 0.6) is 5.75 Å². The lowest BCUT2D eigenvalue weighted by atomic mass is 10.2. The van der Waals surface area contributed by atoms with Crippen molar-refractivity contribution in [2.75, 3.05) is 20.2 Å². The smallest absolute Gasteiger partial charge is 0.197 e. The Morgan fingerprint density at radius 2 is 1.84 bits per heavy atom. The van der Waals surface area contributed by atoms with Crippen molar-refractivity contribution in [3.63, 3.8) is 0 Å². The number of aromatic nitrogens is 3. The third-order valence-electron chi connectivity index (χ3n) is 5.14. The van der Waals surface area contributed by atoms with Gasteiger partial charge in [0.1, 0.15) is 12.4 Å². The fourth-order valence-electron chi connectivity index (χ4n) is 3.38. The van der Waals surface area contributed by atoms with Gasteiger partial charge in [-0.3, -0.25) is 14.1 Å². The highest BCUT2D eigenvalue weighted by molar-refractivity contribution is 7.84. The Hall–Kier alpha value is -3.03. The van der Waals surface area contributed by atoms with Gasteiger partial charge in [0.15, 0.2) is 5.16 Å². The first-order valence-electron chi connectivity index (χ1n) is 10.2. The SMILES string of the molecule is Cc1c(OCCN(C)Cc2ccccc2)ccnc1CS(=O)c1nc2ccccc2[nH]1. The van der Waals surface area contributed by atoms with Crippen molar-refractivity contribution in [3.8, 4) is 5.75 Å². The average molecular weight is 435 g/mol. The molecule has 0 amide bonds. The standard InChI is InChI=1S/C24H26N4O2S/c1-18-22(17-31(29)24-26-20-10-6-7-11-21(20)27-24)25-13-12-23(18)30-15-14-28(2)16-19-8-4-3-5-9-19/h3-13H,14-17H2,1-2H3,(H,26,27). The first-order valence-corrected chi connectivity index (χ1v) is 11.5. The summed E-state index contributed by atoms with van der Waals surface area (Å²) in [4.78, 5) is 14.2. The first kappa shape index (κ1) is 21.2. The van der Waals surface area contributed by atoms with Gasteiger partial charge in [-0.25, -0.2) is 4.98 Å². The molecule has 0 spiro atoms. The van der Waals surface area contributed by atoms with E-state index in [1.54, 1.807) is 6.20 Å². The van der Waals surface area contributed by atoms with Crippen LogP contribution < -0.4 is 4.74 Å². The molecule has 160 valence electrons. The summed E-state index contributed by atoms with van der Waals surface area (Å²) in [5.74, 6) is 1.07. The van der Waals surface area contributed by atoms with E-state index in [4.69, 9.17) is 4.74 Å². The molecule has 0 aliphatic heterocycles. The fourth-order valence-corrected chi connectivity index (χ4v) is 4.48. The predicted octanol–water partition coefficient (Wildman–Crippen LogP) is 4.08. The third-order valence-corrected chi connectivity index (χ3v) is 6.30. The molecular formula is C24H26N4O2S. The Morgan fingerprint density at radius 3 is 2.65 bits per heavy atom. The molecule has 0 aliphatic carbocycles. The second kappa shape index (κ2) is 9.85. The van der Waals surface area contributed by atoms with Gasteiger partial charge in [0, 0.05) is 24.8 Å². The molecule has 7 heteroatoms. The highest BCUT2D eigenvalue weighted by Gasteiger charge is 2.15. The zero-order chi connectivity index (χ0) is 21.6.